The molecule has 2 nitrogen and oxygen atoms in total. The number of thiophene rings is 1. The van der Waals surface area contributed by atoms with Crippen molar-refractivity contribution in [3.63, 3.8) is 0 Å². The summed E-state index contributed by atoms with van der Waals surface area (Å²) >= 11 is 1.65. The SMILES string of the molecule is COc1ccc(N)c2ccsc12. The first kappa shape index (κ1) is 7.43. The highest BCUT2D eigenvalue weighted by Gasteiger charge is 2.04. The van der Waals surface area contributed by atoms with Gasteiger partial charge in [0.15, 0.2) is 0 Å². The van der Waals surface area contributed by atoms with Gasteiger partial charge in [0.25, 0.3) is 0 Å². The fraction of sp³-hybridized carbons (Fsp3) is 0.111. The van der Waals surface area contributed by atoms with Crippen LogP contribution < -0.4 is 10.5 Å². The van der Waals surface area contributed by atoms with E-state index in [2.05, 4.69) is 0 Å². The number of rotatable bonds is 1. The van der Waals surface area contributed by atoms with E-state index in [0.717, 1.165) is 21.5 Å². The predicted molar refractivity (Wildman–Crippen MR) is 52.8 cm³/mol. The van der Waals surface area contributed by atoms with Crippen LogP contribution in [0.2, 0.25) is 0 Å². The largest absolute Gasteiger partial charge is 0.495 e. The minimum absolute atomic E-state index is 0.812. The van der Waals surface area contributed by atoms with Crippen LogP contribution in [0.15, 0.2) is 23.6 Å². The van der Waals surface area contributed by atoms with Gasteiger partial charge in [-0.2, -0.15) is 0 Å². The molecule has 62 valence electrons. The number of methoxy groups -OCH3 is 1. The lowest BCUT2D eigenvalue weighted by Crippen LogP contribution is -1.87. The molecule has 12 heavy (non-hydrogen) atoms. The maximum absolute atomic E-state index is 5.78. The number of nitrogen functional groups attached to an aromatic ring is 1. The molecule has 0 radical (unpaired) electrons. The first-order valence-corrected chi connectivity index (χ1v) is 4.50. The average molecular weight is 179 g/mol. The second-order valence-electron chi connectivity index (χ2n) is 2.52. The van der Waals surface area contributed by atoms with Crippen molar-refractivity contribution in [2.75, 3.05) is 12.8 Å². The molecule has 0 saturated heterocycles. The third kappa shape index (κ3) is 0.940. The molecule has 0 aliphatic heterocycles. The van der Waals surface area contributed by atoms with Crippen LogP contribution in [0, 0.1) is 0 Å². The van der Waals surface area contributed by atoms with Crippen LogP contribution >= 0.6 is 11.3 Å². The highest BCUT2D eigenvalue weighted by atomic mass is 32.1. The molecule has 1 heterocycles. The van der Waals surface area contributed by atoms with E-state index in [9.17, 15) is 0 Å². The minimum Gasteiger partial charge on any atom is -0.495 e. The first-order valence-electron chi connectivity index (χ1n) is 3.62. The lowest BCUT2D eigenvalue weighted by Gasteiger charge is -2.02. The second-order valence-corrected chi connectivity index (χ2v) is 3.44. The van der Waals surface area contributed by atoms with Crippen molar-refractivity contribution < 1.29 is 4.74 Å². The molecule has 2 aromatic rings. The first-order chi connectivity index (χ1) is 5.83. The second kappa shape index (κ2) is 2.68. The lowest BCUT2D eigenvalue weighted by atomic mass is 10.2. The Kier molecular flexibility index (Phi) is 1.66. The molecule has 0 unspecified atom stereocenters. The van der Waals surface area contributed by atoms with Gasteiger partial charge in [-0.3, -0.25) is 0 Å². The number of anilines is 1. The Bertz CT molecular complexity index is 408. The van der Waals surface area contributed by atoms with Gasteiger partial charge in [-0.05, 0) is 23.6 Å². The Morgan fingerprint density at radius 3 is 2.92 bits per heavy atom. The molecule has 0 fully saturated rings. The highest BCUT2D eigenvalue weighted by molar-refractivity contribution is 7.17. The van der Waals surface area contributed by atoms with E-state index in [0.29, 0.717) is 0 Å². The van der Waals surface area contributed by atoms with E-state index in [4.69, 9.17) is 10.5 Å². The molecular formula is C9H9NOS. The molecule has 3 heteroatoms. The van der Waals surface area contributed by atoms with Crippen LogP contribution in [0.25, 0.3) is 10.1 Å². The summed E-state index contributed by atoms with van der Waals surface area (Å²) in [5.74, 6) is 0.897. The van der Waals surface area contributed by atoms with Crippen LogP contribution in [-0.2, 0) is 0 Å². The summed E-state index contributed by atoms with van der Waals surface area (Å²) in [5.41, 5.74) is 6.59. The number of hydrogen-bond donors (Lipinski definition) is 1. The molecule has 0 amide bonds. The lowest BCUT2D eigenvalue weighted by molar-refractivity contribution is 0.420. The maximum atomic E-state index is 5.78. The third-order valence-electron chi connectivity index (χ3n) is 1.83. The molecule has 1 aromatic heterocycles. The minimum atomic E-state index is 0.812. The monoisotopic (exact) mass is 179 g/mol. The van der Waals surface area contributed by atoms with Gasteiger partial charge >= 0.3 is 0 Å². The third-order valence-corrected chi connectivity index (χ3v) is 2.76. The van der Waals surface area contributed by atoms with E-state index in [1.165, 1.54) is 0 Å². The number of fused-ring (bicyclic) bond motifs is 1. The topological polar surface area (TPSA) is 35.2 Å². The van der Waals surface area contributed by atoms with Crippen LogP contribution in [0.5, 0.6) is 5.75 Å². The summed E-state index contributed by atoms with van der Waals surface area (Å²) in [7, 11) is 1.67. The van der Waals surface area contributed by atoms with Crippen molar-refractivity contribution >= 4 is 27.1 Å². The number of nitrogens with two attached hydrogens (primary N) is 1. The van der Waals surface area contributed by atoms with Crippen molar-refractivity contribution in [1.29, 1.82) is 0 Å². The average Bonchev–Trinajstić information content (AvgIpc) is 2.54. The predicted octanol–water partition coefficient (Wildman–Crippen LogP) is 2.49. The van der Waals surface area contributed by atoms with Crippen molar-refractivity contribution in [2.24, 2.45) is 0 Å². The molecule has 0 saturated carbocycles. The zero-order valence-corrected chi connectivity index (χ0v) is 7.52. The van der Waals surface area contributed by atoms with Gasteiger partial charge in [0.05, 0.1) is 11.8 Å². The van der Waals surface area contributed by atoms with E-state index < -0.39 is 0 Å². The van der Waals surface area contributed by atoms with Crippen molar-refractivity contribution in [2.45, 2.75) is 0 Å². The van der Waals surface area contributed by atoms with Gasteiger partial charge in [-0.25, -0.2) is 0 Å². The fourth-order valence-corrected chi connectivity index (χ4v) is 2.14. The summed E-state index contributed by atoms with van der Waals surface area (Å²) in [6, 6.07) is 5.78. The standard InChI is InChI=1S/C9H9NOS/c1-11-8-3-2-7(10)6-4-5-12-9(6)8/h2-5H,10H2,1H3. The summed E-state index contributed by atoms with van der Waals surface area (Å²) in [6.07, 6.45) is 0. The van der Waals surface area contributed by atoms with Gasteiger partial charge < -0.3 is 10.5 Å². The van der Waals surface area contributed by atoms with Gasteiger partial charge in [0, 0.05) is 11.1 Å². The Hall–Kier alpha value is -1.22. The number of hydrogen-bond acceptors (Lipinski definition) is 3. The summed E-state index contributed by atoms with van der Waals surface area (Å²) in [4.78, 5) is 0. The Morgan fingerprint density at radius 2 is 2.17 bits per heavy atom. The van der Waals surface area contributed by atoms with Gasteiger partial charge in [-0.1, -0.05) is 0 Å². The van der Waals surface area contributed by atoms with Gasteiger partial charge in [0.2, 0.25) is 0 Å². The summed E-state index contributed by atoms with van der Waals surface area (Å²) < 4.78 is 6.32. The maximum Gasteiger partial charge on any atom is 0.136 e. The molecule has 0 bridgehead atoms. The molecule has 1 aromatic carbocycles. The number of benzene rings is 1. The van der Waals surface area contributed by atoms with E-state index >= 15 is 0 Å². The zero-order valence-electron chi connectivity index (χ0n) is 6.70. The van der Waals surface area contributed by atoms with Crippen LogP contribution in [-0.4, -0.2) is 7.11 Å². The summed E-state index contributed by atoms with van der Waals surface area (Å²) in [5, 5.41) is 3.10. The molecule has 0 aliphatic rings. The highest BCUT2D eigenvalue weighted by Crippen LogP contribution is 2.33. The molecule has 0 atom stereocenters. The molecular weight excluding hydrogens is 170 g/mol. The van der Waals surface area contributed by atoms with Crippen molar-refractivity contribution in [3.8, 4) is 5.75 Å². The fourth-order valence-electron chi connectivity index (χ4n) is 1.22. The smallest absolute Gasteiger partial charge is 0.136 e. The molecule has 0 spiro atoms. The normalized spacial score (nSPS) is 10.4. The van der Waals surface area contributed by atoms with Crippen LogP contribution in [0.4, 0.5) is 5.69 Å². The zero-order chi connectivity index (χ0) is 8.55. The van der Waals surface area contributed by atoms with Gasteiger partial charge in [0.1, 0.15) is 5.75 Å². The quantitative estimate of drug-likeness (QED) is 0.682. The molecule has 2 rings (SSSR count). The Labute approximate surface area is 74.6 Å². The van der Waals surface area contributed by atoms with E-state index in [1.807, 2.05) is 23.6 Å². The van der Waals surface area contributed by atoms with E-state index in [-0.39, 0.29) is 0 Å². The molecule has 0 aliphatic carbocycles. The van der Waals surface area contributed by atoms with E-state index in [1.54, 1.807) is 18.4 Å². The van der Waals surface area contributed by atoms with Crippen LogP contribution in [0.3, 0.4) is 0 Å². The summed E-state index contributed by atoms with van der Waals surface area (Å²) in [6.45, 7) is 0. The Morgan fingerprint density at radius 1 is 1.33 bits per heavy atom. The van der Waals surface area contributed by atoms with Crippen LogP contribution in [0.1, 0.15) is 0 Å². The molecule has 2 N–H and O–H groups in total. The number of ether oxygens (including phenoxy) is 1. The van der Waals surface area contributed by atoms with Crippen molar-refractivity contribution in [1.82, 2.24) is 0 Å². The van der Waals surface area contributed by atoms with Gasteiger partial charge in [-0.15, -0.1) is 11.3 Å². The Balaban J connectivity index is 2.82. The van der Waals surface area contributed by atoms with Crippen molar-refractivity contribution in [3.05, 3.63) is 23.6 Å².